The molecule has 4 saturated carbocycles. The SMILES string of the molecule is COC(=O)C1C2CCC3(C)C(=CCC4C5(C)CC(O)C(O)C(C)(CO)C5CCC43C)C2CC(C)(C)C1O. The Morgan fingerprint density at radius 3 is 2.27 bits per heavy atom. The molecule has 0 aromatic heterocycles. The fourth-order valence-electron chi connectivity index (χ4n) is 11.1. The molecule has 5 aliphatic rings. The van der Waals surface area contributed by atoms with Gasteiger partial charge in [-0.1, -0.05) is 53.2 Å². The predicted octanol–water partition coefficient (Wildman–Crippen LogP) is 4.09. The summed E-state index contributed by atoms with van der Waals surface area (Å²) in [6.45, 7) is 13.2. The maximum absolute atomic E-state index is 12.9. The van der Waals surface area contributed by atoms with E-state index in [-0.39, 0.29) is 52.0 Å². The van der Waals surface area contributed by atoms with Crippen molar-refractivity contribution in [2.45, 2.75) is 105 Å². The van der Waals surface area contributed by atoms with E-state index in [0.29, 0.717) is 12.3 Å². The Balaban J connectivity index is 1.57. The average molecular weight is 519 g/mol. The van der Waals surface area contributed by atoms with Gasteiger partial charge in [0.1, 0.15) is 0 Å². The molecule has 0 spiro atoms. The van der Waals surface area contributed by atoms with Crippen LogP contribution in [0.2, 0.25) is 0 Å². The number of hydrogen-bond donors (Lipinski definition) is 4. The zero-order valence-electron chi connectivity index (χ0n) is 24.0. The van der Waals surface area contributed by atoms with E-state index in [1.807, 2.05) is 6.92 Å². The molecule has 0 aromatic carbocycles. The number of carbonyl (C=O) groups excluding carboxylic acids is 1. The fourth-order valence-corrected chi connectivity index (χ4v) is 11.1. The summed E-state index contributed by atoms with van der Waals surface area (Å²) in [7, 11) is 1.43. The van der Waals surface area contributed by atoms with Gasteiger partial charge in [-0.05, 0) is 90.3 Å². The van der Waals surface area contributed by atoms with Gasteiger partial charge in [0, 0.05) is 5.41 Å². The van der Waals surface area contributed by atoms with Crippen molar-refractivity contribution in [2.24, 2.45) is 56.7 Å². The summed E-state index contributed by atoms with van der Waals surface area (Å²) in [5, 5.41) is 43.6. The van der Waals surface area contributed by atoms with Crippen LogP contribution in [-0.2, 0) is 9.53 Å². The quantitative estimate of drug-likeness (QED) is 0.324. The van der Waals surface area contributed by atoms with E-state index >= 15 is 0 Å². The van der Waals surface area contributed by atoms with Crippen LogP contribution in [0, 0.1) is 56.7 Å². The van der Waals surface area contributed by atoms with Crippen molar-refractivity contribution in [3.05, 3.63) is 11.6 Å². The van der Waals surface area contributed by atoms with Crippen molar-refractivity contribution in [2.75, 3.05) is 13.7 Å². The number of allylic oxidation sites excluding steroid dienone is 2. The second kappa shape index (κ2) is 8.52. The van der Waals surface area contributed by atoms with Crippen LogP contribution in [-0.4, -0.2) is 58.4 Å². The number of aliphatic hydroxyl groups excluding tert-OH is 4. The van der Waals surface area contributed by atoms with E-state index < -0.39 is 29.6 Å². The summed E-state index contributed by atoms with van der Waals surface area (Å²) < 4.78 is 5.21. The van der Waals surface area contributed by atoms with Crippen LogP contribution in [0.15, 0.2) is 11.6 Å². The van der Waals surface area contributed by atoms with Crippen molar-refractivity contribution >= 4 is 5.97 Å². The first-order valence-electron chi connectivity index (χ1n) is 14.6. The smallest absolute Gasteiger partial charge is 0.311 e. The van der Waals surface area contributed by atoms with Gasteiger partial charge in [0.2, 0.25) is 0 Å². The molecule has 0 radical (unpaired) electrons. The molecular formula is C31H50O6. The summed E-state index contributed by atoms with van der Waals surface area (Å²) in [4.78, 5) is 12.9. The molecule has 4 fully saturated rings. The Bertz CT molecular complexity index is 975. The summed E-state index contributed by atoms with van der Waals surface area (Å²) in [5.41, 5.74) is 0.148. The van der Waals surface area contributed by atoms with Gasteiger partial charge < -0.3 is 25.2 Å². The van der Waals surface area contributed by atoms with Gasteiger partial charge in [0.15, 0.2) is 0 Å². The van der Waals surface area contributed by atoms with Crippen molar-refractivity contribution in [1.82, 2.24) is 0 Å². The number of rotatable bonds is 2. The molecule has 0 amide bonds. The van der Waals surface area contributed by atoms with Gasteiger partial charge in [0.25, 0.3) is 0 Å². The van der Waals surface area contributed by atoms with E-state index in [9.17, 15) is 25.2 Å². The van der Waals surface area contributed by atoms with E-state index in [1.54, 1.807) is 0 Å². The minimum absolute atomic E-state index is 0.00660. The lowest BCUT2D eigenvalue weighted by molar-refractivity contribution is -0.243. The number of methoxy groups -OCH3 is 1. The number of hydrogen-bond acceptors (Lipinski definition) is 6. The number of fused-ring (bicyclic) bond motifs is 7. The third-order valence-electron chi connectivity index (χ3n) is 13.3. The third-order valence-corrected chi connectivity index (χ3v) is 13.3. The topological polar surface area (TPSA) is 107 Å². The Morgan fingerprint density at radius 2 is 1.65 bits per heavy atom. The van der Waals surface area contributed by atoms with E-state index in [2.05, 4.69) is 40.7 Å². The molecule has 37 heavy (non-hydrogen) atoms. The van der Waals surface area contributed by atoms with Crippen molar-refractivity contribution < 1.29 is 30.0 Å². The van der Waals surface area contributed by atoms with Crippen LogP contribution >= 0.6 is 0 Å². The maximum Gasteiger partial charge on any atom is 0.311 e. The fraction of sp³-hybridized carbons (Fsp3) is 0.903. The third kappa shape index (κ3) is 3.40. The maximum atomic E-state index is 12.9. The van der Waals surface area contributed by atoms with E-state index in [4.69, 9.17) is 4.74 Å². The average Bonchev–Trinajstić information content (AvgIpc) is 2.83. The minimum atomic E-state index is -0.910. The molecule has 12 atom stereocenters. The van der Waals surface area contributed by atoms with Crippen LogP contribution < -0.4 is 0 Å². The highest BCUT2D eigenvalue weighted by Gasteiger charge is 2.69. The molecule has 12 unspecified atom stereocenters. The highest BCUT2D eigenvalue weighted by atomic mass is 16.5. The normalized spacial score (nSPS) is 54.6. The lowest BCUT2D eigenvalue weighted by atomic mass is 9.34. The van der Waals surface area contributed by atoms with Gasteiger partial charge in [-0.2, -0.15) is 0 Å². The first kappa shape index (κ1) is 27.6. The molecule has 0 saturated heterocycles. The highest BCUT2D eigenvalue weighted by molar-refractivity contribution is 5.74. The lowest BCUT2D eigenvalue weighted by Crippen LogP contribution is -2.68. The van der Waals surface area contributed by atoms with Crippen LogP contribution in [0.4, 0.5) is 0 Å². The summed E-state index contributed by atoms with van der Waals surface area (Å²) >= 11 is 0. The van der Waals surface area contributed by atoms with Crippen LogP contribution in [0.5, 0.6) is 0 Å². The molecule has 5 rings (SSSR count). The number of ether oxygens (including phenoxy) is 1. The van der Waals surface area contributed by atoms with Crippen molar-refractivity contribution in [3.63, 3.8) is 0 Å². The zero-order valence-corrected chi connectivity index (χ0v) is 24.0. The summed E-state index contributed by atoms with van der Waals surface area (Å²) in [5.74, 6) is 0.0189. The van der Waals surface area contributed by atoms with Crippen LogP contribution in [0.25, 0.3) is 0 Å². The molecule has 0 aliphatic heterocycles. The number of esters is 1. The van der Waals surface area contributed by atoms with Gasteiger partial charge in [0.05, 0.1) is 37.9 Å². The molecule has 0 aromatic rings. The van der Waals surface area contributed by atoms with Crippen molar-refractivity contribution in [1.29, 1.82) is 0 Å². The molecule has 6 nitrogen and oxygen atoms in total. The van der Waals surface area contributed by atoms with Gasteiger partial charge >= 0.3 is 5.97 Å². The Hall–Kier alpha value is -0.950. The number of aliphatic hydroxyl groups is 4. The largest absolute Gasteiger partial charge is 0.469 e. The van der Waals surface area contributed by atoms with E-state index in [1.165, 1.54) is 12.7 Å². The van der Waals surface area contributed by atoms with Gasteiger partial charge in [-0.3, -0.25) is 4.79 Å². The van der Waals surface area contributed by atoms with Crippen LogP contribution in [0.3, 0.4) is 0 Å². The Kier molecular flexibility index (Phi) is 6.36. The molecular weight excluding hydrogens is 468 g/mol. The zero-order chi connectivity index (χ0) is 27.3. The summed E-state index contributed by atoms with van der Waals surface area (Å²) in [6.07, 6.45) is 6.15. The molecule has 6 heteroatoms. The second-order valence-electron chi connectivity index (χ2n) is 15.2. The van der Waals surface area contributed by atoms with E-state index in [0.717, 1.165) is 38.5 Å². The minimum Gasteiger partial charge on any atom is -0.469 e. The molecule has 0 bridgehead atoms. The number of carbonyl (C=O) groups is 1. The van der Waals surface area contributed by atoms with Crippen molar-refractivity contribution in [3.8, 4) is 0 Å². The monoisotopic (exact) mass is 518 g/mol. The molecule has 4 N–H and O–H groups in total. The second-order valence-corrected chi connectivity index (χ2v) is 15.2. The standard InChI is InChI=1S/C31H50O6/c1-27(2)14-18-17(23(25(27)35)26(36)37-7)10-12-30(5)19(18)8-9-22-28(3)15-20(33)24(34)29(4,16-32)21(28)11-13-31(22,30)6/h8,17-18,20-25,32-35H,9-16H2,1-7H3. The summed E-state index contributed by atoms with van der Waals surface area (Å²) in [6, 6.07) is 0. The lowest BCUT2D eigenvalue weighted by Gasteiger charge is -2.71. The first-order chi connectivity index (χ1) is 17.1. The predicted molar refractivity (Wildman–Crippen MR) is 141 cm³/mol. The molecule has 5 aliphatic carbocycles. The van der Waals surface area contributed by atoms with Crippen LogP contribution in [0.1, 0.15) is 86.5 Å². The first-order valence-corrected chi connectivity index (χ1v) is 14.6. The molecule has 210 valence electrons. The Labute approximate surface area is 222 Å². The Morgan fingerprint density at radius 1 is 0.973 bits per heavy atom. The van der Waals surface area contributed by atoms with Gasteiger partial charge in [-0.25, -0.2) is 0 Å². The van der Waals surface area contributed by atoms with Gasteiger partial charge in [-0.15, -0.1) is 0 Å². The highest BCUT2D eigenvalue weighted by Crippen LogP contribution is 2.74. The molecule has 0 heterocycles.